The molecular formula is C17H17N3O2. The molecule has 0 bridgehead atoms. The lowest BCUT2D eigenvalue weighted by atomic mass is 10.2. The van der Waals surface area contributed by atoms with Crippen LogP contribution < -0.4 is 10.1 Å². The maximum atomic E-state index is 12.1. The molecule has 0 spiro atoms. The zero-order chi connectivity index (χ0) is 15.4. The van der Waals surface area contributed by atoms with Gasteiger partial charge in [0.1, 0.15) is 11.6 Å². The van der Waals surface area contributed by atoms with Crippen molar-refractivity contribution in [2.75, 3.05) is 6.61 Å². The quantitative estimate of drug-likeness (QED) is 0.760. The Kier molecular flexibility index (Phi) is 4.05. The van der Waals surface area contributed by atoms with Gasteiger partial charge in [-0.15, -0.1) is 0 Å². The summed E-state index contributed by atoms with van der Waals surface area (Å²) >= 11 is 0. The molecule has 0 atom stereocenters. The first-order valence-electron chi connectivity index (χ1n) is 7.21. The number of rotatable bonds is 5. The summed E-state index contributed by atoms with van der Waals surface area (Å²) in [6.45, 7) is 2.90. The molecule has 22 heavy (non-hydrogen) atoms. The number of amides is 1. The van der Waals surface area contributed by atoms with Crippen LogP contribution >= 0.6 is 0 Å². The van der Waals surface area contributed by atoms with Crippen LogP contribution in [0.25, 0.3) is 11.0 Å². The van der Waals surface area contributed by atoms with Crippen molar-refractivity contribution in [1.82, 2.24) is 15.3 Å². The molecule has 0 saturated carbocycles. The Morgan fingerprint density at radius 2 is 1.95 bits per heavy atom. The van der Waals surface area contributed by atoms with Gasteiger partial charge in [-0.1, -0.05) is 12.1 Å². The van der Waals surface area contributed by atoms with E-state index in [0.717, 1.165) is 22.6 Å². The molecule has 1 aromatic heterocycles. The van der Waals surface area contributed by atoms with Gasteiger partial charge in [-0.2, -0.15) is 0 Å². The number of nitrogens with zero attached hydrogens (tertiary/aromatic N) is 1. The van der Waals surface area contributed by atoms with Crippen LogP contribution in [0.15, 0.2) is 48.5 Å². The van der Waals surface area contributed by atoms with Gasteiger partial charge in [0.25, 0.3) is 5.91 Å². The van der Waals surface area contributed by atoms with Gasteiger partial charge in [0, 0.05) is 5.56 Å². The fourth-order valence-corrected chi connectivity index (χ4v) is 2.22. The average molecular weight is 295 g/mol. The normalized spacial score (nSPS) is 10.6. The largest absolute Gasteiger partial charge is 0.494 e. The Morgan fingerprint density at radius 1 is 1.18 bits per heavy atom. The molecule has 5 nitrogen and oxygen atoms in total. The number of carbonyl (C=O) groups is 1. The zero-order valence-electron chi connectivity index (χ0n) is 12.3. The molecule has 0 aliphatic heterocycles. The second-order valence-corrected chi connectivity index (χ2v) is 4.84. The molecule has 0 fully saturated rings. The summed E-state index contributed by atoms with van der Waals surface area (Å²) in [6, 6.07) is 14.9. The molecule has 1 heterocycles. The van der Waals surface area contributed by atoms with Crippen LogP contribution in [0.1, 0.15) is 23.1 Å². The Bertz CT molecular complexity index is 745. The summed E-state index contributed by atoms with van der Waals surface area (Å²) in [4.78, 5) is 19.7. The number of para-hydroxylation sites is 2. The number of hydrogen-bond acceptors (Lipinski definition) is 3. The highest BCUT2D eigenvalue weighted by atomic mass is 16.5. The number of benzene rings is 2. The van der Waals surface area contributed by atoms with Gasteiger partial charge in [0.15, 0.2) is 0 Å². The highest BCUT2D eigenvalue weighted by Gasteiger charge is 2.07. The second-order valence-electron chi connectivity index (χ2n) is 4.84. The lowest BCUT2D eigenvalue weighted by molar-refractivity contribution is 0.0950. The number of hydrogen-bond donors (Lipinski definition) is 2. The van der Waals surface area contributed by atoms with Crippen LogP contribution in [0.4, 0.5) is 0 Å². The molecule has 0 unspecified atom stereocenters. The van der Waals surface area contributed by atoms with Crippen molar-refractivity contribution in [3.8, 4) is 5.75 Å². The molecule has 0 aliphatic carbocycles. The van der Waals surface area contributed by atoms with E-state index in [9.17, 15) is 4.79 Å². The molecule has 2 aromatic carbocycles. The fraction of sp³-hybridized carbons (Fsp3) is 0.176. The number of H-pyrrole nitrogens is 1. The third-order valence-electron chi connectivity index (χ3n) is 3.28. The first-order valence-corrected chi connectivity index (χ1v) is 7.21. The highest BCUT2D eigenvalue weighted by molar-refractivity contribution is 5.94. The molecule has 0 saturated heterocycles. The molecule has 2 N–H and O–H groups in total. The second kappa shape index (κ2) is 6.30. The number of aromatic amines is 1. The van der Waals surface area contributed by atoms with E-state index in [1.807, 2.05) is 31.2 Å². The Balaban J connectivity index is 1.64. The van der Waals surface area contributed by atoms with Crippen LogP contribution in [0.3, 0.4) is 0 Å². The van der Waals surface area contributed by atoms with Crippen molar-refractivity contribution in [2.45, 2.75) is 13.5 Å². The molecule has 112 valence electrons. The van der Waals surface area contributed by atoms with E-state index in [0.29, 0.717) is 18.7 Å². The van der Waals surface area contributed by atoms with Gasteiger partial charge in [0.05, 0.1) is 24.2 Å². The van der Waals surface area contributed by atoms with Gasteiger partial charge in [-0.3, -0.25) is 4.79 Å². The monoisotopic (exact) mass is 295 g/mol. The number of carbonyl (C=O) groups excluding carboxylic acids is 1. The van der Waals surface area contributed by atoms with E-state index in [2.05, 4.69) is 15.3 Å². The standard InChI is InChI=1S/C17H17N3O2/c1-2-22-13-9-7-12(8-10-13)17(21)18-11-16-19-14-5-3-4-6-15(14)20-16/h3-10H,2,11H2,1H3,(H,18,21)(H,19,20). The Labute approximate surface area is 128 Å². The van der Waals surface area contributed by atoms with Gasteiger partial charge in [-0.05, 0) is 43.3 Å². The van der Waals surface area contributed by atoms with Crippen molar-refractivity contribution in [3.63, 3.8) is 0 Å². The maximum absolute atomic E-state index is 12.1. The lowest BCUT2D eigenvalue weighted by Crippen LogP contribution is -2.23. The maximum Gasteiger partial charge on any atom is 0.251 e. The van der Waals surface area contributed by atoms with Crippen molar-refractivity contribution >= 4 is 16.9 Å². The first kappa shape index (κ1) is 14.1. The SMILES string of the molecule is CCOc1ccc(C(=O)NCc2nc3ccccc3[nH]2)cc1. The highest BCUT2D eigenvalue weighted by Crippen LogP contribution is 2.13. The van der Waals surface area contributed by atoms with Crippen molar-refractivity contribution < 1.29 is 9.53 Å². The van der Waals surface area contributed by atoms with Gasteiger partial charge < -0.3 is 15.0 Å². The lowest BCUT2D eigenvalue weighted by Gasteiger charge is -2.05. The summed E-state index contributed by atoms with van der Waals surface area (Å²) in [5.41, 5.74) is 2.46. The minimum atomic E-state index is -0.136. The summed E-state index contributed by atoms with van der Waals surface area (Å²) in [7, 11) is 0. The number of ether oxygens (including phenoxy) is 1. The van der Waals surface area contributed by atoms with Crippen LogP contribution in [-0.2, 0) is 6.54 Å². The van der Waals surface area contributed by atoms with E-state index in [-0.39, 0.29) is 5.91 Å². The van der Waals surface area contributed by atoms with Crippen LogP contribution in [0, 0.1) is 0 Å². The molecule has 3 rings (SSSR count). The predicted molar refractivity (Wildman–Crippen MR) is 84.9 cm³/mol. The van der Waals surface area contributed by atoms with E-state index in [1.54, 1.807) is 24.3 Å². The van der Waals surface area contributed by atoms with Crippen molar-refractivity contribution in [2.24, 2.45) is 0 Å². The smallest absolute Gasteiger partial charge is 0.251 e. The molecule has 3 aromatic rings. The van der Waals surface area contributed by atoms with E-state index < -0.39 is 0 Å². The van der Waals surface area contributed by atoms with Gasteiger partial charge in [0.2, 0.25) is 0 Å². The third kappa shape index (κ3) is 3.09. The minimum Gasteiger partial charge on any atom is -0.494 e. The van der Waals surface area contributed by atoms with Gasteiger partial charge >= 0.3 is 0 Å². The van der Waals surface area contributed by atoms with Crippen molar-refractivity contribution in [1.29, 1.82) is 0 Å². The molecule has 0 aliphatic rings. The minimum absolute atomic E-state index is 0.136. The zero-order valence-corrected chi connectivity index (χ0v) is 12.3. The predicted octanol–water partition coefficient (Wildman–Crippen LogP) is 2.89. The summed E-state index contributed by atoms with van der Waals surface area (Å²) < 4.78 is 5.36. The first-order chi connectivity index (χ1) is 10.8. The summed E-state index contributed by atoms with van der Waals surface area (Å²) in [5.74, 6) is 1.36. The van der Waals surface area contributed by atoms with Crippen LogP contribution in [0.2, 0.25) is 0 Å². The molecule has 5 heteroatoms. The number of fused-ring (bicyclic) bond motifs is 1. The fourth-order valence-electron chi connectivity index (χ4n) is 2.22. The molecular weight excluding hydrogens is 278 g/mol. The number of aromatic nitrogens is 2. The topological polar surface area (TPSA) is 67.0 Å². The van der Waals surface area contributed by atoms with E-state index in [1.165, 1.54) is 0 Å². The summed E-state index contributed by atoms with van der Waals surface area (Å²) in [5, 5.41) is 2.85. The number of nitrogens with one attached hydrogen (secondary N) is 2. The van der Waals surface area contributed by atoms with Crippen LogP contribution in [0.5, 0.6) is 5.75 Å². The Morgan fingerprint density at radius 3 is 2.68 bits per heavy atom. The molecule has 1 amide bonds. The average Bonchev–Trinajstić information content (AvgIpc) is 2.96. The van der Waals surface area contributed by atoms with E-state index in [4.69, 9.17) is 4.74 Å². The molecule has 0 radical (unpaired) electrons. The number of imidazole rings is 1. The van der Waals surface area contributed by atoms with Crippen LogP contribution in [-0.4, -0.2) is 22.5 Å². The third-order valence-corrected chi connectivity index (χ3v) is 3.28. The Hall–Kier alpha value is -2.82. The van der Waals surface area contributed by atoms with Gasteiger partial charge in [-0.25, -0.2) is 4.98 Å². The van der Waals surface area contributed by atoms with E-state index >= 15 is 0 Å². The summed E-state index contributed by atoms with van der Waals surface area (Å²) in [6.07, 6.45) is 0. The van der Waals surface area contributed by atoms with Crippen molar-refractivity contribution in [3.05, 3.63) is 59.9 Å².